The fourth-order valence-electron chi connectivity index (χ4n) is 2.37. The number of fused-ring (bicyclic) bond motifs is 1. The van der Waals surface area contributed by atoms with Crippen LogP contribution in [0.3, 0.4) is 0 Å². The van der Waals surface area contributed by atoms with E-state index in [4.69, 9.17) is 4.98 Å². The molecule has 0 aliphatic heterocycles. The highest BCUT2D eigenvalue weighted by molar-refractivity contribution is 5.74. The number of nitrogens with one attached hydrogen (secondary N) is 1. The van der Waals surface area contributed by atoms with Crippen LogP contribution in [0.15, 0.2) is 18.5 Å². The predicted octanol–water partition coefficient (Wildman–Crippen LogP) is 2.14. The average molecular weight is 244 g/mol. The molecule has 0 atom stereocenters. The Morgan fingerprint density at radius 3 is 3.11 bits per heavy atom. The van der Waals surface area contributed by atoms with Crippen LogP contribution < -0.4 is 5.32 Å². The van der Waals surface area contributed by atoms with Crippen molar-refractivity contribution in [2.24, 2.45) is 0 Å². The monoisotopic (exact) mass is 244 g/mol. The second-order valence-corrected chi connectivity index (χ2v) is 5.02. The van der Waals surface area contributed by atoms with E-state index in [9.17, 15) is 0 Å². The minimum atomic E-state index is 0.774. The highest BCUT2D eigenvalue weighted by Gasteiger charge is 2.20. The smallest absolute Gasteiger partial charge is 0.111 e. The van der Waals surface area contributed by atoms with Gasteiger partial charge in [0.15, 0.2) is 0 Å². The number of imidazole rings is 1. The van der Waals surface area contributed by atoms with Gasteiger partial charge in [-0.2, -0.15) is 0 Å². The number of nitrogens with zero attached hydrogens (tertiary/aromatic N) is 3. The van der Waals surface area contributed by atoms with Gasteiger partial charge in [0.25, 0.3) is 0 Å². The van der Waals surface area contributed by atoms with Crippen LogP contribution in [-0.2, 0) is 13.0 Å². The van der Waals surface area contributed by atoms with Crippen molar-refractivity contribution in [2.45, 2.75) is 45.2 Å². The van der Waals surface area contributed by atoms with E-state index in [1.165, 1.54) is 24.2 Å². The summed E-state index contributed by atoms with van der Waals surface area (Å²) < 4.78 is 2.34. The number of hydrogen-bond donors (Lipinski definition) is 1. The van der Waals surface area contributed by atoms with Gasteiger partial charge < -0.3 is 9.88 Å². The maximum Gasteiger partial charge on any atom is 0.111 e. The van der Waals surface area contributed by atoms with E-state index in [0.717, 1.165) is 37.5 Å². The standard InChI is InChI=1S/C14H20N4/c1-2-9-18-13-5-7-15-10-12(13)17-14(18)6-8-16-11-3-4-11/h5,7,10-11,16H,2-4,6,8-9H2,1H3. The van der Waals surface area contributed by atoms with Crippen LogP contribution in [0.4, 0.5) is 0 Å². The molecule has 0 unspecified atom stereocenters. The molecule has 0 aromatic carbocycles. The van der Waals surface area contributed by atoms with Gasteiger partial charge >= 0.3 is 0 Å². The summed E-state index contributed by atoms with van der Waals surface area (Å²) in [5.41, 5.74) is 2.24. The molecule has 1 aliphatic rings. The maximum absolute atomic E-state index is 4.71. The maximum atomic E-state index is 4.71. The predicted molar refractivity (Wildman–Crippen MR) is 72.5 cm³/mol. The lowest BCUT2D eigenvalue weighted by molar-refractivity contribution is 0.615. The average Bonchev–Trinajstić information content (AvgIpc) is 3.14. The molecule has 4 heteroatoms. The van der Waals surface area contributed by atoms with E-state index in [1.807, 2.05) is 12.4 Å². The number of pyridine rings is 1. The summed E-state index contributed by atoms with van der Waals surface area (Å²) in [6.45, 7) is 4.28. The fraction of sp³-hybridized carbons (Fsp3) is 0.571. The molecule has 2 heterocycles. The van der Waals surface area contributed by atoms with E-state index >= 15 is 0 Å². The van der Waals surface area contributed by atoms with Crippen molar-refractivity contribution in [1.82, 2.24) is 19.9 Å². The molecule has 2 aromatic heterocycles. The van der Waals surface area contributed by atoms with Gasteiger partial charge in [-0.25, -0.2) is 4.98 Å². The number of aromatic nitrogens is 3. The molecule has 0 bridgehead atoms. The lowest BCUT2D eigenvalue weighted by Gasteiger charge is -2.08. The normalized spacial score (nSPS) is 15.4. The van der Waals surface area contributed by atoms with Gasteiger partial charge in [-0.3, -0.25) is 4.98 Å². The molecule has 1 fully saturated rings. The van der Waals surface area contributed by atoms with Crippen LogP contribution in [0.2, 0.25) is 0 Å². The van der Waals surface area contributed by atoms with Crippen molar-refractivity contribution in [3.05, 3.63) is 24.3 Å². The Kier molecular flexibility index (Phi) is 3.28. The van der Waals surface area contributed by atoms with Crippen LogP contribution in [-0.4, -0.2) is 27.1 Å². The quantitative estimate of drug-likeness (QED) is 0.846. The van der Waals surface area contributed by atoms with Gasteiger partial charge in [0.1, 0.15) is 11.3 Å². The Bertz CT molecular complexity index is 528. The third kappa shape index (κ3) is 2.38. The van der Waals surface area contributed by atoms with E-state index in [-0.39, 0.29) is 0 Å². The van der Waals surface area contributed by atoms with Gasteiger partial charge in [0, 0.05) is 31.7 Å². The summed E-state index contributed by atoms with van der Waals surface area (Å²) in [5.74, 6) is 1.19. The lowest BCUT2D eigenvalue weighted by Crippen LogP contribution is -2.20. The molecule has 4 nitrogen and oxygen atoms in total. The second-order valence-electron chi connectivity index (χ2n) is 5.02. The highest BCUT2D eigenvalue weighted by atomic mass is 15.1. The summed E-state index contributed by atoms with van der Waals surface area (Å²) in [5, 5.41) is 3.55. The first-order chi connectivity index (χ1) is 8.88. The van der Waals surface area contributed by atoms with Gasteiger partial charge in [-0.05, 0) is 25.3 Å². The SMILES string of the molecule is CCCn1c(CCNC2CC2)nc2cnccc21. The van der Waals surface area contributed by atoms with Crippen molar-refractivity contribution in [2.75, 3.05) is 6.54 Å². The van der Waals surface area contributed by atoms with E-state index in [2.05, 4.69) is 27.9 Å². The minimum Gasteiger partial charge on any atom is -0.328 e. The molecular weight excluding hydrogens is 224 g/mol. The van der Waals surface area contributed by atoms with Crippen LogP contribution >= 0.6 is 0 Å². The molecule has 96 valence electrons. The van der Waals surface area contributed by atoms with E-state index in [0.29, 0.717) is 0 Å². The minimum absolute atomic E-state index is 0.774. The van der Waals surface area contributed by atoms with Crippen molar-refractivity contribution < 1.29 is 0 Å². The van der Waals surface area contributed by atoms with Gasteiger partial charge in [0.2, 0.25) is 0 Å². The summed E-state index contributed by atoms with van der Waals surface area (Å²) >= 11 is 0. The Hall–Kier alpha value is -1.42. The first-order valence-corrected chi connectivity index (χ1v) is 6.91. The summed E-state index contributed by atoms with van der Waals surface area (Å²) in [4.78, 5) is 8.86. The van der Waals surface area contributed by atoms with Gasteiger partial charge in [-0.15, -0.1) is 0 Å². The van der Waals surface area contributed by atoms with Crippen molar-refractivity contribution in [3.8, 4) is 0 Å². The summed E-state index contributed by atoms with van der Waals surface area (Å²) in [6.07, 6.45) is 8.54. The molecule has 1 saturated carbocycles. The van der Waals surface area contributed by atoms with Crippen molar-refractivity contribution >= 4 is 11.0 Å². The number of hydrogen-bond acceptors (Lipinski definition) is 3. The molecule has 3 rings (SSSR count). The first-order valence-electron chi connectivity index (χ1n) is 6.91. The first kappa shape index (κ1) is 11.7. The van der Waals surface area contributed by atoms with Crippen LogP contribution in [0.1, 0.15) is 32.0 Å². The van der Waals surface area contributed by atoms with Gasteiger partial charge in [0.05, 0.1) is 11.7 Å². The number of aryl methyl sites for hydroxylation is 1. The molecular formula is C14H20N4. The number of rotatable bonds is 6. The highest BCUT2D eigenvalue weighted by Crippen LogP contribution is 2.19. The van der Waals surface area contributed by atoms with E-state index in [1.54, 1.807) is 0 Å². The Balaban J connectivity index is 1.81. The molecule has 0 saturated heterocycles. The Morgan fingerprint density at radius 2 is 2.33 bits per heavy atom. The van der Waals surface area contributed by atoms with E-state index < -0.39 is 0 Å². The zero-order valence-electron chi connectivity index (χ0n) is 10.9. The topological polar surface area (TPSA) is 42.7 Å². The third-order valence-corrected chi connectivity index (χ3v) is 3.44. The zero-order valence-corrected chi connectivity index (χ0v) is 10.9. The molecule has 18 heavy (non-hydrogen) atoms. The third-order valence-electron chi connectivity index (χ3n) is 3.44. The zero-order chi connectivity index (χ0) is 12.4. The molecule has 2 aromatic rings. The summed E-state index contributed by atoms with van der Waals surface area (Å²) in [6, 6.07) is 2.84. The lowest BCUT2D eigenvalue weighted by atomic mass is 10.3. The molecule has 1 aliphatic carbocycles. The van der Waals surface area contributed by atoms with Crippen LogP contribution in [0, 0.1) is 0 Å². The molecule has 0 spiro atoms. The Labute approximate surface area is 107 Å². The van der Waals surface area contributed by atoms with Crippen molar-refractivity contribution in [3.63, 3.8) is 0 Å². The van der Waals surface area contributed by atoms with Crippen molar-refractivity contribution in [1.29, 1.82) is 0 Å². The van der Waals surface area contributed by atoms with Crippen LogP contribution in [0.5, 0.6) is 0 Å². The molecule has 0 amide bonds. The Morgan fingerprint density at radius 1 is 1.44 bits per heavy atom. The second kappa shape index (κ2) is 5.06. The summed E-state index contributed by atoms with van der Waals surface area (Å²) in [7, 11) is 0. The van der Waals surface area contributed by atoms with Gasteiger partial charge in [-0.1, -0.05) is 6.92 Å². The van der Waals surface area contributed by atoms with Crippen LogP contribution in [0.25, 0.3) is 11.0 Å². The fourth-order valence-corrected chi connectivity index (χ4v) is 2.37. The molecule has 0 radical (unpaired) electrons. The molecule has 1 N–H and O–H groups in total. The largest absolute Gasteiger partial charge is 0.328 e.